The number of halogens is 1. The van der Waals surface area contributed by atoms with Crippen LogP contribution in [0.15, 0.2) is 12.1 Å². The van der Waals surface area contributed by atoms with E-state index in [-0.39, 0.29) is 5.97 Å². The lowest BCUT2D eigenvalue weighted by atomic mass is 10.0. The zero-order valence-electron chi connectivity index (χ0n) is 11.3. The molecule has 0 atom stereocenters. The van der Waals surface area contributed by atoms with Gasteiger partial charge >= 0.3 is 5.97 Å². The number of methoxy groups -OCH3 is 1. The molecule has 0 radical (unpaired) electrons. The first kappa shape index (κ1) is 14.2. The van der Waals surface area contributed by atoms with E-state index in [1.807, 2.05) is 13.0 Å². The summed E-state index contributed by atoms with van der Waals surface area (Å²) in [5.74, 6) is -0.353. The number of benzene rings is 1. The second-order valence-corrected chi connectivity index (χ2v) is 5.22. The summed E-state index contributed by atoms with van der Waals surface area (Å²) in [5.41, 5.74) is 2.32. The number of esters is 1. The standard InChI is InChI=1S/C14H19ClN2O2/c1-9-12(14(18)19-2)7-10(15)8-13(9)17-11-3-5-16-6-4-11/h7-8,11,16-17H,3-6H2,1-2H3. The van der Waals surface area contributed by atoms with Crippen molar-refractivity contribution < 1.29 is 9.53 Å². The van der Waals surface area contributed by atoms with E-state index in [9.17, 15) is 4.79 Å². The van der Waals surface area contributed by atoms with Crippen molar-refractivity contribution >= 4 is 23.3 Å². The molecule has 4 nitrogen and oxygen atoms in total. The van der Waals surface area contributed by atoms with E-state index in [1.54, 1.807) is 6.07 Å². The molecular formula is C14H19ClN2O2. The van der Waals surface area contributed by atoms with E-state index in [2.05, 4.69) is 10.6 Å². The van der Waals surface area contributed by atoms with Crippen LogP contribution < -0.4 is 10.6 Å². The molecule has 0 unspecified atom stereocenters. The summed E-state index contributed by atoms with van der Waals surface area (Å²) in [4.78, 5) is 11.7. The number of nitrogens with one attached hydrogen (secondary N) is 2. The summed E-state index contributed by atoms with van der Waals surface area (Å²) in [6, 6.07) is 3.94. The van der Waals surface area contributed by atoms with Crippen LogP contribution in [0.3, 0.4) is 0 Å². The Hall–Kier alpha value is -1.26. The van der Waals surface area contributed by atoms with Gasteiger partial charge in [-0.2, -0.15) is 0 Å². The van der Waals surface area contributed by atoms with Gasteiger partial charge in [-0.1, -0.05) is 11.6 Å². The molecule has 5 heteroatoms. The number of carbonyl (C=O) groups is 1. The zero-order valence-corrected chi connectivity index (χ0v) is 12.0. The molecule has 0 aliphatic carbocycles. The lowest BCUT2D eigenvalue weighted by Crippen LogP contribution is -2.35. The fourth-order valence-corrected chi connectivity index (χ4v) is 2.56. The summed E-state index contributed by atoms with van der Waals surface area (Å²) < 4.78 is 4.78. The van der Waals surface area contributed by atoms with Gasteiger partial charge in [0.15, 0.2) is 0 Å². The monoisotopic (exact) mass is 282 g/mol. The maximum absolute atomic E-state index is 11.7. The van der Waals surface area contributed by atoms with E-state index in [0.29, 0.717) is 16.6 Å². The first-order valence-corrected chi connectivity index (χ1v) is 6.85. The second kappa shape index (κ2) is 6.26. The number of ether oxygens (including phenoxy) is 1. The SMILES string of the molecule is COC(=O)c1cc(Cl)cc(NC2CCNCC2)c1C. The molecule has 0 spiro atoms. The van der Waals surface area contributed by atoms with Crippen LogP contribution in [-0.4, -0.2) is 32.2 Å². The Labute approximate surface area is 118 Å². The molecule has 1 heterocycles. The van der Waals surface area contributed by atoms with Gasteiger partial charge in [-0.3, -0.25) is 0 Å². The first-order chi connectivity index (χ1) is 9.11. The van der Waals surface area contributed by atoms with Crippen LogP contribution in [-0.2, 0) is 4.74 Å². The molecular weight excluding hydrogens is 264 g/mol. The fraction of sp³-hybridized carbons (Fsp3) is 0.500. The molecule has 2 N–H and O–H groups in total. The quantitative estimate of drug-likeness (QED) is 0.837. The van der Waals surface area contributed by atoms with Crippen molar-refractivity contribution in [1.82, 2.24) is 5.32 Å². The first-order valence-electron chi connectivity index (χ1n) is 6.47. The van der Waals surface area contributed by atoms with Crippen LogP contribution in [0, 0.1) is 6.92 Å². The van der Waals surface area contributed by atoms with E-state index in [0.717, 1.165) is 37.2 Å². The number of anilines is 1. The van der Waals surface area contributed by atoms with Crippen LogP contribution in [0.5, 0.6) is 0 Å². The van der Waals surface area contributed by atoms with Gasteiger partial charge in [0, 0.05) is 16.8 Å². The molecule has 1 aromatic rings. The fourth-order valence-electron chi connectivity index (χ4n) is 2.34. The number of hydrogen-bond donors (Lipinski definition) is 2. The zero-order chi connectivity index (χ0) is 13.8. The van der Waals surface area contributed by atoms with Crippen molar-refractivity contribution in [3.05, 3.63) is 28.3 Å². The normalized spacial score (nSPS) is 16.2. The van der Waals surface area contributed by atoms with Crippen molar-refractivity contribution in [2.24, 2.45) is 0 Å². The van der Waals surface area contributed by atoms with Crippen molar-refractivity contribution in [3.8, 4) is 0 Å². The van der Waals surface area contributed by atoms with Gasteiger partial charge in [0.05, 0.1) is 12.7 Å². The summed E-state index contributed by atoms with van der Waals surface area (Å²) >= 11 is 6.08. The van der Waals surface area contributed by atoms with Crippen molar-refractivity contribution in [1.29, 1.82) is 0 Å². The second-order valence-electron chi connectivity index (χ2n) is 4.79. The third-order valence-corrected chi connectivity index (χ3v) is 3.69. The molecule has 1 aliphatic rings. The van der Waals surface area contributed by atoms with Gasteiger partial charge < -0.3 is 15.4 Å². The number of rotatable bonds is 3. The minimum absolute atomic E-state index is 0.353. The summed E-state index contributed by atoms with van der Waals surface area (Å²) in [6.45, 7) is 3.94. The lowest BCUT2D eigenvalue weighted by Gasteiger charge is -2.26. The Kier molecular flexibility index (Phi) is 4.66. The smallest absolute Gasteiger partial charge is 0.338 e. The molecule has 0 saturated carbocycles. The van der Waals surface area contributed by atoms with Crippen LogP contribution in [0.1, 0.15) is 28.8 Å². The van der Waals surface area contributed by atoms with Gasteiger partial charge in [-0.25, -0.2) is 4.79 Å². The molecule has 0 aromatic heterocycles. The number of hydrogen-bond acceptors (Lipinski definition) is 4. The van der Waals surface area contributed by atoms with Gasteiger partial charge in [-0.05, 0) is 50.6 Å². The minimum Gasteiger partial charge on any atom is -0.465 e. The van der Waals surface area contributed by atoms with Crippen LogP contribution in [0.4, 0.5) is 5.69 Å². The number of carbonyl (C=O) groups excluding carboxylic acids is 1. The van der Waals surface area contributed by atoms with E-state index >= 15 is 0 Å². The Bertz CT molecular complexity index is 471. The largest absolute Gasteiger partial charge is 0.465 e. The van der Waals surface area contributed by atoms with Crippen molar-refractivity contribution in [2.75, 3.05) is 25.5 Å². The number of piperidine rings is 1. The van der Waals surface area contributed by atoms with Crippen LogP contribution in [0.2, 0.25) is 5.02 Å². The predicted molar refractivity (Wildman–Crippen MR) is 77.0 cm³/mol. The summed E-state index contributed by atoms with van der Waals surface area (Å²) in [5, 5.41) is 7.35. The highest BCUT2D eigenvalue weighted by Crippen LogP contribution is 2.27. The van der Waals surface area contributed by atoms with Crippen LogP contribution >= 0.6 is 11.6 Å². The molecule has 1 aromatic carbocycles. The third-order valence-electron chi connectivity index (χ3n) is 3.48. The highest BCUT2D eigenvalue weighted by molar-refractivity contribution is 6.31. The van der Waals surface area contributed by atoms with Crippen LogP contribution in [0.25, 0.3) is 0 Å². The highest BCUT2D eigenvalue weighted by Gasteiger charge is 2.17. The van der Waals surface area contributed by atoms with E-state index < -0.39 is 0 Å². The summed E-state index contributed by atoms with van der Waals surface area (Å²) in [7, 11) is 1.38. The van der Waals surface area contributed by atoms with Gasteiger partial charge in [-0.15, -0.1) is 0 Å². The molecule has 1 aliphatic heterocycles. The van der Waals surface area contributed by atoms with Crippen molar-refractivity contribution in [2.45, 2.75) is 25.8 Å². The predicted octanol–water partition coefficient (Wildman–Crippen LogP) is 2.60. The molecule has 19 heavy (non-hydrogen) atoms. The molecule has 0 bridgehead atoms. The van der Waals surface area contributed by atoms with Crippen molar-refractivity contribution in [3.63, 3.8) is 0 Å². The Morgan fingerprint density at radius 3 is 2.74 bits per heavy atom. The topological polar surface area (TPSA) is 50.4 Å². The van der Waals surface area contributed by atoms with Gasteiger partial charge in [0.25, 0.3) is 0 Å². The molecule has 1 saturated heterocycles. The van der Waals surface area contributed by atoms with E-state index in [1.165, 1.54) is 7.11 Å². The molecule has 0 amide bonds. The average Bonchev–Trinajstić information content (AvgIpc) is 2.42. The minimum atomic E-state index is -0.353. The average molecular weight is 283 g/mol. The Morgan fingerprint density at radius 2 is 2.11 bits per heavy atom. The molecule has 104 valence electrons. The Balaban J connectivity index is 2.24. The van der Waals surface area contributed by atoms with E-state index in [4.69, 9.17) is 16.3 Å². The molecule has 2 rings (SSSR count). The Morgan fingerprint density at radius 1 is 1.42 bits per heavy atom. The summed E-state index contributed by atoms with van der Waals surface area (Å²) in [6.07, 6.45) is 2.14. The maximum atomic E-state index is 11.7. The lowest BCUT2D eigenvalue weighted by molar-refractivity contribution is 0.0600. The maximum Gasteiger partial charge on any atom is 0.338 e. The third kappa shape index (κ3) is 3.39. The molecule has 1 fully saturated rings. The van der Waals surface area contributed by atoms with Gasteiger partial charge in [0.1, 0.15) is 0 Å². The highest BCUT2D eigenvalue weighted by atomic mass is 35.5. The van der Waals surface area contributed by atoms with Gasteiger partial charge in [0.2, 0.25) is 0 Å².